The number of benzene rings is 2. The fourth-order valence-corrected chi connectivity index (χ4v) is 2.76. The van der Waals surface area contributed by atoms with E-state index in [0.717, 1.165) is 22.2 Å². The summed E-state index contributed by atoms with van der Waals surface area (Å²) in [7, 11) is 0. The first-order valence-electron chi connectivity index (χ1n) is 7.24. The van der Waals surface area contributed by atoms with Gasteiger partial charge in [-0.05, 0) is 18.2 Å². The first-order chi connectivity index (χ1) is 11.2. The summed E-state index contributed by atoms with van der Waals surface area (Å²) in [6.07, 6.45) is 3.56. The summed E-state index contributed by atoms with van der Waals surface area (Å²) in [6.45, 7) is 0. The fourth-order valence-electron chi connectivity index (χ4n) is 2.76. The van der Waals surface area contributed by atoms with Crippen LogP contribution in [0.2, 0.25) is 0 Å². The van der Waals surface area contributed by atoms with Crippen molar-refractivity contribution in [2.45, 2.75) is 0 Å². The molecule has 2 heterocycles. The average molecular weight is 302 g/mol. The molecule has 23 heavy (non-hydrogen) atoms. The van der Waals surface area contributed by atoms with Crippen molar-refractivity contribution in [3.8, 4) is 0 Å². The number of nitrogens with one attached hydrogen (secondary N) is 1. The fraction of sp³-hybridized carbons (Fsp3) is 0. The molecule has 0 atom stereocenters. The number of para-hydroxylation sites is 2. The topological polar surface area (TPSA) is 72.4 Å². The van der Waals surface area contributed by atoms with E-state index in [0.29, 0.717) is 11.5 Å². The van der Waals surface area contributed by atoms with Crippen LogP contribution in [0.1, 0.15) is 16.1 Å². The minimum Gasteiger partial charge on any atom is -0.364 e. The molecular weight excluding hydrogens is 288 g/mol. The molecule has 0 saturated carbocycles. The van der Waals surface area contributed by atoms with Crippen LogP contribution in [0.4, 0.5) is 5.69 Å². The molecule has 0 unspecified atom stereocenters. The summed E-state index contributed by atoms with van der Waals surface area (Å²) < 4.78 is 1.77. The summed E-state index contributed by atoms with van der Waals surface area (Å²) in [6, 6.07) is 17.4. The summed E-state index contributed by atoms with van der Waals surface area (Å²) >= 11 is 0. The van der Waals surface area contributed by atoms with Gasteiger partial charge in [0.05, 0.1) is 5.52 Å². The Balaban J connectivity index is 1.92. The van der Waals surface area contributed by atoms with Crippen molar-refractivity contribution in [1.29, 1.82) is 0 Å². The third kappa shape index (κ3) is 2.19. The quantitative estimate of drug-likeness (QED) is 0.763. The molecule has 1 aromatic heterocycles. The first-order valence-corrected chi connectivity index (χ1v) is 7.24. The van der Waals surface area contributed by atoms with Gasteiger partial charge in [0.1, 0.15) is 5.69 Å². The molecule has 1 aliphatic heterocycles. The van der Waals surface area contributed by atoms with E-state index in [1.165, 1.54) is 0 Å². The van der Waals surface area contributed by atoms with Gasteiger partial charge in [0.15, 0.2) is 5.82 Å². The van der Waals surface area contributed by atoms with E-state index in [1.807, 2.05) is 48.5 Å². The molecule has 4 rings (SSSR count). The molecular formula is C18H14N4O. The van der Waals surface area contributed by atoms with E-state index >= 15 is 0 Å². The van der Waals surface area contributed by atoms with E-state index in [4.69, 9.17) is 5.73 Å². The van der Waals surface area contributed by atoms with Crippen LogP contribution >= 0.6 is 0 Å². The molecule has 5 nitrogen and oxygen atoms in total. The third-order valence-electron chi connectivity index (χ3n) is 3.85. The summed E-state index contributed by atoms with van der Waals surface area (Å²) in [5, 5.41) is 4.18. The van der Waals surface area contributed by atoms with Gasteiger partial charge in [-0.1, -0.05) is 36.4 Å². The highest BCUT2D eigenvalue weighted by atomic mass is 16.1. The maximum atomic E-state index is 11.8. The van der Waals surface area contributed by atoms with Gasteiger partial charge in [-0.3, -0.25) is 9.36 Å². The lowest BCUT2D eigenvalue weighted by Gasteiger charge is -2.08. The van der Waals surface area contributed by atoms with E-state index in [1.54, 1.807) is 23.0 Å². The Kier molecular flexibility index (Phi) is 2.98. The highest BCUT2D eigenvalue weighted by molar-refractivity contribution is 6.01. The van der Waals surface area contributed by atoms with Crippen molar-refractivity contribution in [3.63, 3.8) is 0 Å². The van der Waals surface area contributed by atoms with Crippen LogP contribution in [0.5, 0.6) is 0 Å². The van der Waals surface area contributed by atoms with Crippen LogP contribution < -0.4 is 11.1 Å². The van der Waals surface area contributed by atoms with Gasteiger partial charge >= 0.3 is 0 Å². The molecule has 0 saturated heterocycles. The van der Waals surface area contributed by atoms with Gasteiger partial charge in [0.25, 0.3) is 5.91 Å². The second-order valence-corrected chi connectivity index (χ2v) is 5.28. The Morgan fingerprint density at radius 2 is 1.87 bits per heavy atom. The molecule has 3 N–H and O–H groups in total. The molecule has 0 bridgehead atoms. The van der Waals surface area contributed by atoms with Crippen LogP contribution in [-0.2, 0) is 0 Å². The largest absolute Gasteiger partial charge is 0.364 e. The van der Waals surface area contributed by atoms with Crippen LogP contribution in [0.3, 0.4) is 0 Å². The van der Waals surface area contributed by atoms with Gasteiger partial charge in [-0.2, -0.15) is 0 Å². The predicted octanol–water partition coefficient (Wildman–Crippen LogP) is 3.04. The van der Waals surface area contributed by atoms with E-state index in [-0.39, 0.29) is 0 Å². The molecule has 0 fully saturated rings. The highest BCUT2D eigenvalue weighted by Gasteiger charge is 2.16. The number of anilines is 1. The normalized spacial score (nSPS) is 13.1. The minimum absolute atomic E-state index is 0.405. The lowest BCUT2D eigenvalue weighted by molar-refractivity contribution is 0.0994. The Bertz CT molecular complexity index is 982. The Labute approximate surface area is 132 Å². The maximum Gasteiger partial charge on any atom is 0.265 e. The Morgan fingerprint density at radius 3 is 2.74 bits per heavy atom. The molecule has 2 aromatic carbocycles. The summed E-state index contributed by atoms with van der Waals surface area (Å²) in [5.74, 6) is 0.121. The lowest BCUT2D eigenvalue weighted by atomic mass is 10.2. The first kappa shape index (κ1) is 13.3. The number of rotatable bonds is 2. The third-order valence-corrected chi connectivity index (χ3v) is 3.85. The number of aromatic nitrogens is 1. The maximum absolute atomic E-state index is 11.8. The smallest absolute Gasteiger partial charge is 0.265 e. The SMILES string of the molecule is NC(=O)c1cc2ccccc2n1C1=CNc2ccccc2C=N1. The number of nitrogens with two attached hydrogens (primary N) is 1. The zero-order valence-corrected chi connectivity index (χ0v) is 12.2. The molecule has 1 amide bonds. The minimum atomic E-state index is -0.487. The number of fused-ring (bicyclic) bond motifs is 2. The van der Waals surface area contributed by atoms with Crippen LogP contribution in [0.25, 0.3) is 16.7 Å². The number of amides is 1. The van der Waals surface area contributed by atoms with Gasteiger partial charge in [0, 0.05) is 29.1 Å². The second kappa shape index (κ2) is 5.14. The Morgan fingerprint density at radius 1 is 1.09 bits per heavy atom. The zero-order chi connectivity index (χ0) is 15.8. The van der Waals surface area contributed by atoms with Crippen LogP contribution in [0.15, 0.2) is 65.8 Å². The molecule has 5 heteroatoms. The number of nitrogens with zero attached hydrogens (tertiary/aromatic N) is 2. The molecule has 0 aliphatic carbocycles. The van der Waals surface area contributed by atoms with Crippen molar-refractivity contribution in [2.75, 3.05) is 5.32 Å². The van der Waals surface area contributed by atoms with Gasteiger partial charge in [0.2, 0.25) is 0 Å². The highest BCUT2D eigenvalue weighted by Crippen LogP contribution is 2.26. The second-order valence-electron chi connectivity index (χ2n) is 5.28. The van der Waals surface area contributed by atoms with Crippen LogP contribution in [0, 0.1) is 0 Å². The predicted molar refractivity (Wildman–Crippen MR) is 92.4 cm³/mol. The average Bonchev–Trinajstić information content (AvgIpc) is 2.83. The number of carbonyl (C=O) groups excluding carboxylic acids is 1. The standard InChI is InChI=1S/C18H14N4O/c19-18(23)16-9-12-5-2-4-8-15(12)22(16)17-11-20-14-7-3-1-6-13(14)10-21-17/h1-11,20H,(H2,19,23). The zero-order valence-electron chi connectivity index (χ0n) is 12.2. The van der Waals surface area contributed by atoms with E-state index < -0.39 is 5.91 Å². The van der Waals surface area contributed by atoms with Crippen molar-refractivity contribution in [3.05, 3.63) is 72.1 Å². The molecule has 0 radical (unpaired) electrons. The van der Waals surface area contributed by atoms with Gasteiger partial charge in [-0.25, -0.2) is 4.99 Å². The van der Waals surface area contributed by atoms with Crippen molar-refractivity contribution >= 4 is 34.5 Å². The van der Waals surface area contributed by atoms with Crippen molar-refractivity contribution < 1.29 is 4.79 Å². The van der Waals surface area contributed by atoms with Crippen molar-refractivity contribution in [2.24, 2.45) is 10.7 Å². The van der Waals surface area contributed by atoms with E-state index in [9.17, 15) is 4.79 Å². The number of primary amides is 1. The monoisotopic (exact) mass is 302 g/mol. The number of hydrogen-bond acceptors (Lipinski definition) is 3. The van der Waals surface area contributed by atoms with Gasteiger partial charge < -0.3 is 11.1 Å². The number of hydrogen-bond donors (Lipinski definition) is 2. The Hall–Kier alpha value is -3.34. The number of aliphatic imine (C=N–C) groups is 1. The molecule has 112 valence electrons. The van der Waals surface area contributed by atoms with Crippen LogP contribution in [-0.4, -0.2) is 16.7 Å². The summed E-state index contributed by atoms with van der Waals surface area (Å²) in [4.78, 5) is 16.4. The van der Waals surface area contributed by atoms with Gasteiger partial charge in [-0.15, -0.1) is 0 Å². The lowest BCUT2D eigenvalue weighted by Crippen LogP contribution is -2.16. The summed E-state index contributed by atoms with van der Waals surface area (Å²) in [5.41, 5.74) is 8.78. The van der Waals surface area contributed by atoms with E-state index in [2.05, 4.69) is 10.3 Å². The molecule has 0 spiro atoms. The molecule has 1 aliphatic rings. The molecule has 3 aromatic rings. The van der Waals surface area contributed by atoms with Crippen molar-refractivity contribution in [1.82, 2.24) is 4.57 Å². The number of carbonyl (C=O) groups is 1.